The Hall–Kier alpha value is 0.310. The van der Waals surface area contributed by atoms with E-state index in [2.05, 4.69) is 6.92 Å². The molecule has 1 N–H and O–H groups in total. The first-order valence-electron chi connectivity index (χ1n) is 4.64. The minimum atomic E-state index is -0.0136. The van der Waals surface area contributed by atoms with Crippen LogP contribution in [0.2, 0.25) is 0 Å². The van der Waals surface area contributed by atoms with Gasteiger partial charge in [-0.1, -0.05) is 19.8 Å². The summed E-state index contributed by atoms with van der Waals surface area (Å²) in [5.41, 5.74) is 0. The molecule has 1 fully saturated rings. The lowest BCUT2D eigenvalue weighted by Gasteiger charge is -2.26. The highest BCUT2D eigenvalue weighted by Crippen LogP contribution is 2.28. The van der Waals surface area contributed by atoms with Crippen molar-refractivity contribution in [3.63, 3.8) is 0 Å². The summed E-state index contributed by atoms with van der Waals surface area (Å²) in [6, 6.07) is 0. The highest BCUT2D eigenvalue weighted by atomic mass is 32.2. The standard InChI is InChI=1S/C9H18OS/c1-2-7-11-9-6-4-3-5-8(9)10/h8-10H,2-7H2,1H3/t8-,9-/m0/s1. The Labute approximate surface area is 73.6 Å². The molecular formula is C9H18OS. The molecule has 1 nitrogen and oxygen atoms in total. The first kappa shape index (κ1) is 9.40. The van der Waals surface area contributed by atoms with Gasteiger partial charge in [-0.15, -0.1) is 0 Å². The SMILES string of the molecule is CCCS[C@H]1CCCC[C@@H]1O. The largest absolute Gasteiger partial charge is 0.392 e. The Balaban J connectivity index is 2.18. The van der Waals surface area contributed by atoms with Crippen LogP contribution in [0.1, 0.15) is 39.0 Å². The van der Waals surface area contributed by atoms with Gasteiger partial charge in [-0.05, 0) is 25.0 Å². The number of hydrogen-bond acceptors (Lipinski definition) is 2. The summed E-state index contributed by atoms with van der Waals surface area (Å²) in [5, 5.41) is 10.1. The predicted molar refractivity (Wildman–Crippen MR) is 51.0 cm³/mol. The molecule has 0 bridgehead atoms. The highest BCUT2D eigenvalue weighted by Gasteiger charge is 2.22. The fourth-order valence-electron chi connectivity index (χ4n) is 1.54. The van der Waals surface area contributed by atoms with Crippen molar-refractivity contribution in [3.05, 3.63) is 0 Å². The second-order valence-corrected chi connectivity index (χ2v) is 4.61. The van der Waals surface area contributed by atoms with Crippen LogP contribution >= 0.6 is 11.8 Å². The number of aliphatic hydroxyl groups excluding tert-OH is 1. The zero-order valence-corrected chi connectivity index (χ0v) is 8.07. The molecule has 0 aliphatic heterocycles. The third-order valence-corrected chi connectivity index (χ3v) is 3.83. The lowest BCUT2D eigenvalue weighted by molar-refractivity contribution is 0.137. The topological polar surface area (TPSA) is 20.2 Å². The summed E-state index contributed by atoms with van der Waals surface area (Å²) in [7, 11) is 0. The Morgan fingerprint density at radius 3 is 2.73 bits per heavy atom. The van der Waals surface area contributed by atoms with E-state index in [1.807, 2.05) is 11.8 Å². The zero-order valence-electron chi connectivity index (χ0n) is 7.25. The van der Waals surface area contributed by atoms with Gasteiger partial charge < -0.3 is 5.11 Å². The van der Waals surface area contributed by atoms with Crippen LogP contribution in [0.4, 0.5) is 0 Å². The summed E-state index contributed by atoms with van der Waals surface area (Å²) in [5.74, 6) is 1.21. The molecule has 1 aliphatic carbocycles. The fraction of sp³-hybridized carbons (Fsp3) is 1.00. The van der Waals surface area contributed by atoms with E-state index in [1.54, 1.807) is 0 Å². The van der Waals surface area contributed by atoms with Gasteiger partial charge in [-0.2, -0.15) is 11.8 Å². The maximum atomic E-state index is 9.57. The highest BCUT2D eigenvalue weighted by molar-refractivity contribution is 7.99. The third kappa shape index (κ3) is 3.04. The molecule has 0 aromatic heterocycles. The molecule has 1 saturated carbocycles. The number of aliphatic hydroxyl groups is 1. The van der Waals surface area contributed by atoms with Gasteiger partial charge >= 0.3 is 0 Å². The molecule has 0 aromatic rings. The molecule has 0 radical (unpaired) electrons. The minimum Gasteiger partial charge on any atom is -0.392 e. The average molecular weight is 174 g/mol. The minimum absolute atomic E-state index is 0.0136. The zero-order chi connectivity index (χ0) is 8.10. The van der Waals surface area contributed by atoms with Crippen molar-refractivity contribution in [2.75, 3.05) is 5.75 Å². The maximum absolute atomic E-state index is 9.57. The lowest BCUT2D eigenvalue weighted by Crippen LogP contribution is -2.26. The summed E-state index contributed by atoms with van der Waals surface area (Å²) in [6.45, 7) is 2.20. The van der Waals surface area contributed by atoms with Gasteiger partial charge in [0.1, 0.15) is 0 Å². The molecule has 0 saturated heterocycles. The van der Waals surface area contributed by atoms with Crippen LogP contribution in [-0.2, 0) is 0 Å². The van der Waals surface area contributed by atoms with Gasteiger partial charge in [-0.3, -0.25) is 0 Å². The van der Waals surface area contributed by atoms with Crippen LogP contribution in [0.3, 0.4) is 0 Å². The van der Waals surface area contributed by atoms with Gasteiger partial charge in [-0.25, -0.2) is 0 Å². The molecule has 1 rings (SSSR count). The van der Waals surface area contributed by atoms with Gasteiger partial charge in [0.05, 0.1) is 6.10 Å². The van der Waals surface area contributed by atoms with Crippen LogP contribution in [0.5, 0.6) is 0 Å². The average Bonchev–Trinajstić information content (AvgIpc) is 2.03. The van der Waals surface area contributed by atoms with Crippen LogP contribution < -0.4 is 0 Å². The Bertz CT molecular complexity index is 106. The second-order valence-electron chi connectivity index (χ2n) is 3.26. The normalized spacial score (nSPS) is 32.2. The van der Waals surface area contributed by atoms with Crippen molar-refractivity contribution in [1.82, 2.24) is 0 Å². The van der Waals surface area contributed by atoms with E-state index in [9.17, 15) is 5.11 Å². The van der Waals surface area contributed by atoms with E-state index in [0.29, 0.717) is 5.25 Å². The quantitative estimate of drug-likeness (QED) is 0.709. The van der Waals surface area contributed by atoms with Gasteiger partial charge in [0.2, 0.25) is 0 Å². The molecule has 2 atom stereocenters. The summed E-state index contributed by atoms with van der Waals surface area (Å²) in [6.07, 6.45) is 6.02. The molecule has 0 spiro atoms. The Kier molecular flexibility index (Phi) is 4.31. The fourth-order valence-corrected chi connectivity index (χ4v) is 2.77. The van der Waals surface area contributed by atoms with Crippen LogP contribution in [0.25, 0.3) is 0 Å². The first-order chi connectivity index (χ1) is 5.34. The van der Waals surface area contributed by atoms with E-state index in [1.165, 1.54) is 31.4 Å². The predicted octanol–water partition coefficient (Wildman–Crippen LogP) is 2.43. The third-order valence-electron chi connectivity index (χ3n) is 2.20. The summed E-state index contributed by atoms with van der Waals surface area (Å²) >= 11 is 1.96. The molecule has 2 heteroatoms. The molecule has 0 aromatic carbocycles. The monoisotopic (exact) mass is 174 g/mol. The molecule has 0 unspecified atom stereocenters. The smallest absolute Gasteiger partial charge is 0.0658 e. The number of hydrogen-bond donors (Lipinski definition) is 1. The second kappa shape index (κ2) is 5.04. The first-order valence-corrected chi connectivity index (χ1v) is 5.69. The molecule has 11 heavy (non-hydrogen) atoms. The summed E-state index contributed by atoms with van der Waals surface area (Å²) in [4.78, 5) is 0. The van der Waals surface area contributed by atoms with E-state index in [4.69, 9.17) is 0 Å². The van der Waals surface area contributed by atoms with E-state index in [-0.39, 0.29) is 6.10 Å². The van der Waals surface area contributed by atoms with Crippen molar-refractivity contribution in [1.29, 1.82) is 0 Å². The van der Waals surface area contributed by atoms with Crippen molar-refractivity contribution in [3.8, 4) is 0 Å². The molecule has 66 valence electrons. The van der Waals surface area contributed by atoms with E-state index in [0.717, 1.165) is 6.42 Å². The van der Waals surface area contributed by atoms with E-state index < -0.39 is 0 Å². The summed E-state index contributed by atoms with van der Waals surface area (Å²) < 4.78 is 0. The Morgan fingerprint density at radius 2 is 2.09 bits per heavy atom. The molecule has 1 aliphatic rings. The van der Waals surface area contributed by atoms with Crippen LogP contribution in [0.15, 0.2) is 0 Å². The van der Waals surface area contributed by atoms with Gasteiger partial charge in [0.25, 0.3) is 0 Å². The van der Waals surface area contributed by atoms with Crippen molar-refractivity contribution < 1.29 is 5.11 Å². The maximum Gasteiger partial charge on any atom is 0.0658 e. The molecule has 0 amide bonds. The van der Waals surface area contributed by atoms with Crippen molar-refractivity contribution in [2.24, 2.45) is 0 Å². The van der Waals surface area contributed by atoms with Gasteiger partial charge in [0, 0.05) is 5.25 Å². The van der Waals surface area contributed by atoms with Gasteiger partial charge in [0.15, 0.2) is 0 Å². The van der Waals surface area contributed by atoms with E-state index >= 15 is 0 Å². The van der Waals surface area contributed by atoms with Crippen LogP contribution in [-0.4, -0.2) is 22.2 Å². The number of thioether (sulfide) groups is 1. The van der Waals surface area contributed by atoms with Crippen molar-refractivity contribution >= 4 is 11.8 Å². The van der Waals surface area contributed by atoms with Crippen molar-refractivity contribution in [2.45, 2.75) is 50.4 Å². The number of rotatable bonds is 3. The molecular weight excluding hydrogens is 156 g/mol. The molecule has 0 heterocycles. The lowest BCUT2D eigenvalue weighted by atomic mass is 9.97. The van der Waals surface area contributed by atoms with Crippen LogP contribution in [0, 0.1) is 0 Å². The Morgan fingerprint density at radius 1 is 1.36 bits per heavy atom.